The summed E-state index contributed by atoms with van der Waals surface area (Å²) in [5.41, 5.74) is 0.206. The molecule has 0 bridgehead atoms. The van der Waals surface area contributed by atoms with Crippen molar-refractivity contribution in [2.24, 2.45) is 0 Å². The van der Waals surface area contributed by atoms with Gasteiger partial charge in [0.25, 0.3) is 0 Å². The molecule has 0 aliphatic carbocycles. The maximum atomic E-state index is 14.1. The zero-order valence-electron chi connectivity index (χ0n) is 21.5. The van der Waals surface area contributed by atoms with E-state index < -0.39 is 22.7 Å². The molecule has 1 aromatic heterocycles. The smallest absolute Gasteiger partial charge is 0.418 e. The summed E-state index contributed by atoms with van der Waals surface area (Å²) >= 11 is 7.77. The average molecular weight is 567 g/mol. The summed E-state index contributed by atoms with van der Waals surface area (Å²) in [6, 6.07) is 8.12. The minimum Gasteiger partial charge on any atom is -0.492 e. The Morgan fingerprint density at radius 1 is 1.18 bits per heavy atom. The van der Waals surface area contributed by atoms with Crippen LogP contribution in [0, 0.1) is 0 Å². The number of halogens is 4. The predicted octanol–water partition coefficient (Wildman–Crippen LogP) is 6.17. The lowest BCUT2D eigenvalue weighted by atomic mass is 9.73. The predicted molar refractivity (Wildman–Crippen MR) is 145 cm³/mol. The van der Waals surface area contributed by atoms with Crippen molar-refractivity contribution in [3.05, 3.63) is 52.8 Å². The minimum absolute atomic E-state index is 0.00112. The van der Waals surface area contributed by atoms with Gasteiger partial charge in [-0.2, -0.15) is 24.9 Å². The Morgan fingerprint density at radius 2 is 1.92 bits per heavy atom. The molecule has 204 valence electrons. The van der Waals surface area contributed by atoms with Gasteiger partial charge in [-0.15, -0.1) is 0 Å². The number of piperidine rings is 1. The second-order valence-corrected chi connectivity index (χ2v) is 11.9. The highest BCUT2D eigenvalue weighted by Crippen LogP contribution is 2.46. The van der Waals surface area contributed by atoms with Crippen LogP contribution in [0.2, 0.25) is 5.02 Å². The van der Waals surface area contributed by atoms with Crippen molar-refractivity contribution >= 4 is 46.0 Å². The van der Waals surface area contributed by atoms with Gasteiger partial charge in [-0.3, -0.25) is 9.69 Å². The first-order valence-corrected chi connectivity index (χ1v) is 14.3. The summed E-state index contributed by atoms with van der Waals surface area (Å²) in [7, 11) is 0. The molecule has 11 heteroatoms. The third-order valence-corrected chi connectivity index (χ3v) is 8.87. The number of amides is 1. The maximum absolute atomic E-state index is 14.1. The van der Waals surface area contributed by atoms with Crippen LogP contribution in [-0.4, -0.2) is 58.6 Å². The number of hydrogen-bond acceptors (Lipinski definition) is 5. The number of carbonyl (C=O) groups is 1. The minimum atomic E-state index is -4.55. The number of nitrogens with zero attached hydrogens (tertiary/aromatic N) is 3. The molecule has 1 amide bonds. The maximum Gasteiger partial charge on any atom is 0.418 e. The molecule has 1 fully saturated rings. The van der Waals surface area contributed by atoms with Crippen LogP contribution in [0.1, 0.15) is 37.8 Å². The third kappa shape index (κ3) is 4.86. The van der Waals surface area contributed by atoms with E-state index in [2.05, 4.69) is 15.2 Å². The topological polar surface area (TPSA) is 59.4 Å². The van der Waals surface area contributed by atoms with Crippen LogP contribution in [-0.2, 0) is 21.9 Å². The van der Waals surface area contributed by atoms with Crippen LogP contribution in [0.5, 0.6) is 5.75 Å². The summed E-state index contributed by atoms with van der Waals surface area (Å²) in [5.74, 6) is 0.787. The van der Waals surface area contributed by atoms with Gasteiger partial charge in [0.2, 0.25) is 5.91 Å². The zero-order chi connectivity index (χ0) is 27.3. The van der Waals surface area contributed by atoms with Gasteiger partial charge in [0.05, 0.1) is 28.3 Å². The van der Waals surface area contributed by atoms with Crippen molar-refractivity contribution in [2.75, 3.05) is 43.6 Å². The number of benzene rings is 2. The molecule has 0 unspecified atom stereocenters. The molecule has 1 N–H and O–H groups in total. The number of aromatic nitrogens is 2. The van der Waals surface area contributed by atoms with Crippen LogP contribution in [0.15, 0.2) is 36.7 Å². The molecule has 0 atom stereocenters. The first-order chi connectivity index (χ1) is 17.9. The van der Waals surface area contributed by atoms with E-state index in [9.17, 15) is 18.0 Å². The number of imidazole rings is 1. The molecule has 2 aliphatic rings. The monoisotopic (exact) mass is 566 g/mol. The highest BCUT2D eigenvalue weighted by molar-refractivity contribution is 7.98. The number of thioether (sulfide) groups is 1. The second kappa shape index (κ2) is 9.95. The summed E-state index contributed by atoms with van der Waals surface area (Å²) in [6.07, 6.45) is 0.136. The number of alkyl halides is 3. The zero-order valence-corrected chi connectivity index (χ0v) is 23.1. The van der Waals surface area contributed by atoms with Gasteiger partial charge < -0.3 is 14.6 Å². The van der Waals surface area contributed by atoms with E-state index >= 15 is 0 Å². The Bertz CT molecular complexity index is 1370. The van der Waals surface area contributed by atoms with Gasteiger partial charge in [0, 0.05) is 34.6 Å². The van der Waals surface area contributed by atoms with Crippen LogP contribution >= 0.6 is 23.4 Å². The van der Waals surface area contributed by atoms with Crippen molar-refractivity contribution in [1.82, 2.24) is 14.5 Å². The first-order valence-electron chi connectivity index (χ1n) is 12.5. The van der Waals surface area contributed by atoms with E-state index in [-0.39, 0.29) is 29.3 Å². The molecular weight excluding hydrogens is 537 g/mol. The van der Waals surface area contributed by atoms with Gasteiger partial charge in [-0.25, -0.2) is 4.98 Å². The fourth-order valence-electron chi connectivity index (χ4n) is 5.64. The fourth-order valence-corrected chi connectivity index (χ4v) is 6.65. The highest BCUT2D eigenvalue weighted by Gasteiger charge is 2.48. The van der Waals surface area contributed by atoms with E-state index in [1.165, 1.54) is 6.33 Å². The van der Waals surface area contributed by atoms with E-state index in [1.54, 1.807) is 28.5 Å². The molecule has 3 aromatic rings. The SMILES string of the molecule is CSCC(C)(C)n1cnc2cc(OCCN3CCC4(CC3)C(=O)Nc3ccc(Cl)cc34)cc(C(F)(F)F)c21. The lowest BCUT2D eigenvalue weighted by Gasteiger charge is -2.38. The molecule has 5 rings (SSSR count). The molecule has 38 heavy (non-hydrogen) atoms. The Balaban J connectivity index is 1.27. The molecule has 0 saturated carbocycles. The molecular formula is C27H30ClF3N4O2S. The number of hydrogen-bond donors (Lipinski definition) is 1. The van der Waals surface area contributed by atoms with E-state index in [4.69, 9.17) is 16.3 Å². The molecule has 6 nitrogen and oxygen atoms in total. The highest BCUT2D eigenvalue weighted by atomic mass is 35.5. The Hall–Kier alpha value is -2.43. The number of rotatable bonds is 7. The van der Waals surface area contributed by atoms with Crippen molar-refractivity contribution in [3.8, 4) is 5.75 Å². The van der Waals surface area contributed by atoms with Crippen LogP contribution < -0.4 is 10.1 Å². The van der Waals surface area contributed by atoms with Gasteiger partial charge in [0.15, 0.2) is 0 Å². The van der Waals surface area contributed by atoms with E-state index in [0.29, 0.717) is 43.3 Å². The quantitative estimate of drug-likeness (QED) is 0.370. The Labute approximate surface area is 228 Å². The molecule has 0 radical (unpaired) electrons. The number of likely N-dealkylation sites (tertiary alicyclic amines) is 1. The first kappa shape index (κ1) is 27.1. The molecule has 1 saturated heterocycles. The van der Waals surface area contributed by atoms with Crippen LogP contribution in [0.25, 0.3) is 11.0 Å². The lowest BCUT2D eigenvalue weighted by Crippen LogP contribution is -2.47. The average Bonchev–Trinajstić information content (AvgIpc) is 3.39. The van der Waals surface area contributed by atoms with Gasteiger partial charge in [-0.05, 0) is 75.9 Å². The van der Waals surface area contributed by atoms with E-state index in [1.807, 2.05) is 32.2 Å². The normalized spacial score (nSPS) is 17.7. The summed E-state index contributed by atoms with van der Waals surface area (Å²) in [5, 5.41) is 3.57. The van der Waals surface area contributed by atoms with Gasteiger partial charge >= 0.3 is 6.18 Å². The largest absolute Gasteiger partial charge is 0.492 e. The summed E-state index contributed by atoms with van der Waals surface area (Å²) < 4.78 is 49.7. The number of anilines is 1. The van der Waals surface area contributed by atoms with Crippen molar-refractivity contribution in [1.29, 1.82) is 0 Å². The summed E-state index contributed by atoms with van der Waals surface area (Å²) in [6.45, 7) is 5.91. The van der Waals surface area contributed by atoms with E-state index in [0.717, 1.165) is 17.3 Å². The number of carbonyl (C=O) groups excluding carboxylic acids is 1. The molecule has 1 spiro atoms. The Kier molecular flexibility index (Phi) is 7.11. The number of fused-ring (bicyclic) bond motifs is 3. The summed E-state index contributed by atoms with van der Waals surface area (Å²) in [4.78, 5) is 19.3. The number of nitrogens with one attached hydrogen (secondary N) is 1. The van der Waals surface area contributed by atoms with Gasteiger partial charge in [0.1, 0.15) is 12.4 Å². The van der Waals surface area contributed by atoms with Gasteiger partial charge in [-0.1, -0.05) is 11.6 Å². The molecule has 3 heterocycles. The van der Waals surface area contributed by atoms with Crippen LogP contribution in [0.3, 0.4) is 0 Å². The van der Waals surface area contributed by atoms with Crippen molar-refractivity contribution in [3.63, 3.8) is 0 Å². The second-order valence-electron chi connectivity index (χ2n) is 10.6. The molecule has 2 aliphatic heterocycles. The standard InChI is InChI=1S/C27H30ClF3N4O2S/c1-25(2,15-38-3)35-16-32-22-14-18(13-20(23(22)35)27(29,30)31)37-11-10-34-8-6-26(7-9-34)19-12-17(28)4-5-21(19)33-24(26)36/h4-5,12-14,16H,6-11,15H2,1-3H3,(H,33,36). The fraction of sp³-hybridized carbons (Fsp3) is 0.481. The molecule has 2 aromatic carbocycles. The van der Waals surface area contributed by atoms with Crippen LogP contribution in [0.4, 0.5) is 18.9 Å². The Morgan fingerprint density at radius 3 is 2.61 bits per heavy atom. The number of ether oxygens (including phenoxy) is 1. The van der Waals surface area contributed by atoms with Crippen molar-refractivity contribution < 1.29 is 22.7 Å². The van der Waals surface area contributed by atoms with Crippen molar-refractivity contribution in [2.45, 2.75) is 43.8 Å². The third-order valence-electron chi connectivity index (χ3n) is 7.64. The lowest BCUT2D eigenvalue weighted by molar-refractivity contribution is -0.136.